The molecular formula is C10H10F2O. The van der Waals surface area contributed by atoms with Crippen LogP contribution in [-0.2, 0) is 0 Å². The highest BCUT2D eigenvalue weighted by atomic mass is 19.2. The molecule has 70 valence electrons. The molecule has 0 unspecified atom stereocenters. The molecule has 0 aliphatic heterocycles. The lowest BCUT2D eigenvalue weighted by atomic mass is 10.3. The summed E-state index contributed by atoms with van der Waals surface area (Å²) in [5.41, 5.74) is 0. The van der Waals surface area contributed by atoms with E-state index >= 15 is 0 Å². The van der Waals surface area contributed by atoms with Crippen molar-refractivity contribution in [2.45, 2.75) is 12.8 Å². The van der Waals surface area contributed by atoms with Crippen LogP contribution in [-0.4, -0.2) is 6.61 Å². The van der Waals surface area contributed by atoms with Gasteiger partial charge in [-0.2, -0.15) is 0 Å². The van der Waals surface area contributed by atoms with E-state index in [9.17, 15) is 8.78 Å². The first-order valence-corrected chi connectivity index (χ1v) is 4.33. The highest BCUT2D eigenvalue weighted by molar-refractivity contribution is 5.23. The van der Waals surface area contributed by atoms with Crippen LogP contribution in [0.15, 0.2) is 18.2 Å². The fourth-order valence-electron chi connectivity index (χ4n) is 1.07. The van der Waals surface area contributed by atoms with E-state index in [1.54, 1.807) is 0 Å². The molecule has 1 aromatic carbocycles. The molecule has 3 heteroatoms. The maximum atomic E-state index is 12.7. The zero-order valence-corrected chi connectivity index (χ0v) is 7.09. The lowest BCUT2D eigenvalue weighted by Crippen LogP contribution is -1.99. The summed E-state index contributed by atoms with van der Waals surface area (Å²) in [6, 6.07) is 3.61. The van der Waals surface area contributed by atoms with E-state index in [1.807, 2.05) is 0 Å². The molecule has 0 saturated heterocycles. The van der Waals surface area contributed by atoms with Gasteiger partial charge in [-0.25, -0.2) is 8.78 Å². The summed E-state index contributed by atoms with van der Waals surface area (Å²) in [5, 5.41) is 0. The van der Waals surface area contributed by atoms with Crippen LogP contribution in [0.1, 0.15) is 12.8 Å². The maximum Gasteiger partial charge on any atom is 0.162 e. The molecule has 0 atom stereocenters. The van der Waals surface area contributed by atoms with Crippen molar-refractivity contribution in [1.82, 2.24) is 0 Å². The Morgan fingerprint density at radius 2 is 2.00 bits per heavy atom. The zero-order chi connectivity index (χ0) is 9.26. The standard InChI is InChI=1S/C10H10F2O/c11-9-4-3-8(5-10(9)12)13-6-7-1-2-7/h3-5,7H,1-2,6H2. The third-order valence-electron chi connectivity index (χ3n) is 2.07. The number of benzene rings is 1. The highest BCUT2D eigenvalue weighted by Gasteiger charge is 2.21. The van der Waals surface area contributed by atoms with Gasteiger partial charge in [-0.15, -0.1) is 0 Å². The largest absolute Gasteiger partial charge is 0.493 e. The minimum absolute atomic E-state index is 0.408. The number of halogens is 2. The number of hydrogen-bond donors (Lipinski definition) is 0. The molecule has 1 fully saturated rings. The van der Waals surface area contributed by atoms with Gasteiger partial charge in [0, 0.05) is 6.07 Å². The third kappa shape index (κ3) is 2.17. The summed E-state index contributed by atoms with van der Waals surface area (Å²) in [4.78, 5) is 0. The molecule has 0 radical (unpaired) electrons. The van der Waals surface area contributed by atoms with Crippen molar-refractivity contribution < 1.29 is 13.5 Å². The van der Waals surface area contributed by atoms with Crippen molar-refractivity contribution in [3.05, 3.63) is 29.8 Å². The van der Waals surface area contributed by atoms with Crippen molar-refractivity contribution in [1.29, 1.82) is 0 Å². The molecular weight excluding hydrogens is 174 g/mol. The highest BCUT2D eigenvalue weighted by Crippen LogP contribution is 2.29. The molecule has 2 rings (SSSR count). The van der Waals surface area contributed by atoms with Gasteiger partial charge >= 0.3 is 0 Å². The van der Waals surface area contributed by atoms with E-state index in [1.165, 1.54) is 18.9 Å². The topological polar surface area (TPSA) is 9.23 Å². The number of ether oxygens (including phenoxy) is 1. The van der Waals surface area contributed by atoms with Crippen molar-refractivity contribution in [3.8, 4) is 5.75 Å². The van der Waals surface area contributed by atoms with Gasteiger partial charge in [0.1, 0.15) is 5.75 Å². The van der Waals surface area contributed by atoms with E-state index < -0.39 is 11.6 Å². The Hall–Kier alpha value is -1.12. The van der Waals surface area contributed by atoms with Gasteiger partial charge in [0.2, 0.25) is 0 Å². The van der Waals surface area contributed by atoms with Crippen LogP contribution in [0.2, 0.25) is 0 Å². The van der Waals surface area contributed by atoms with E-state index in [2.05, 4.69) is 0 Å². The lowest BCUT2D eigenvalue weighted by molar-refractivity contribution is 0.297. The Morgan fingerprint density at radius 1 is 1.23 bits per heavy atom. The van der Waals surface area contributed by atoms with Crippen LogP contribution in [0.5, 0.6) is 5.75 Å². The average Bonchev–Trinajstić information content (AvgIpc) is 2.91. The molecule has 1 aliphatic carbocycles. The van der Waals surface area contributed by atoms with Crippen LogP contribution in [0.4, 0.5) is 8.78 Å². The van der Waals surface area contributed by atoms with Gasteiger partial charge in [0.25, 0.3) is 0 Å². The molecule has 0 aromatic heterocycles. The summed E-state index contributed by atoms with van der Waals surface area (Å²) in [7, 11) is 0. The summed E-state index contributed by atoms with van der Waals surface area (Å²) in [6.07, 6.45) is 2.37. The SMILES string of the molecule is Fc1ccc(OCC2CC2)cc1F. The Morgan fingerprint density at radius 3 is 2.62 bits per heavy atom. The Balaban J connectivity index is 1.98. The zero-order valence-electron chi connectivity index (χ0n) is 7.09. The Kier molecular flexibility index (Phi) is 2.17. The predicted octanol–water partition coefficient (Wildman–Crippen LogP) is 2.75. The van der Waals surface area contributed by atoms with E-state index in [-0.39, 0.29) is 0 Å². The first kappa shape index (κ1) is 8.48. The number of hydrogen-bond acceptors (Lipinski definition) is 1. The van der Waals surface area contributed by atoms with Gasteiger partial charge < -0.3 is 4.74 Å². The van der Waals surface area contributed by atoms with Gasteiger partial charge in [-0.05, 0) is 30.9 Å². The molecule has 0 spiro atoms. The van der Waals surface area contributed by atoms with Crippen molar-refractivity contribution in [3.63, 3.8) is 0 Å². The van der Waals surface area contributed by atoms with Crippen LogP contribution in [0, 0.1) is 17.6 Å². The van der Waals surface area contributed by atoms with Gasteiger partial charge in [0.05, 0.1) is 6.61 Å². The predicted molar refractivity (Wildman–Crippen MR) is 44.6 cm³/mol. The van der Waals surface area contributed by atoms with Gasteiger partial charge in [0.15, 0.2) is 11.6 Å². The fourth-order valence-corrected chi connectivity index (χ4v) is 1.07. The second-order valence-corrected chi connectivity index (χ2v) is 3.33. The Labute approximate surface area is 75.3 Å². The summed E-state index contributed by atoms with van der Waals surface area (Å²) >= 11 is 0. The van der Waals surface area contributed by atoms with Crippen LogP contribution >= 0.6 is 0 Å². The average molecular weight is 184 g/mol. The first-order valence-electron chi connectivity index (χ1n) is 4.33. The van der Waals surface area contributed by atoms with Gasteiger partial charge in [-0.3, -0.25) is 0 Å². The molecule has 1 saturated carbocycles. The Bertz CT molecular complexity index is 308. The van der Waals surface area contributed by atoms with Crippen molar-refractivity contribution >= 4 is 0 Å². The quantitative estimate of drug-likeness (QED) is 0.701. The summed E-state index contributed by atoms with van der Waals surface area (Å²) < 4.78 is 30.4. The van der Waals surface area contributed by atoms with Crippen molar-refractivity contribution in [2.75, 3.05) is 6.61 Å². The minimum atomic E-state index is -0.853. The summed E-state index contributed by atoms with van der Waals surface area (Å²) in [5.74, 6) is -0.661. The smallest absolute Gasteiger partial charge is 0.162 e. The van der Waals surface area contributed by atoms with Crippen LogP contribution < -0.4 is 4.74 Å². The normalized spacial score (nSPS) is 15.8. The van der Waals surface area contributed by atoms with Crippen molar-refractivity contribution in [2.24, 2.45) is 5.92 Å². The second kappa shape index (κ2) is 3.32. The second-order valence-electron chi connectivity index (χ2n) is 3.33. The molecule has 1 nitrogen and oxygen atoms in total. The number of rotatable bonds is 3. The molecule has 13 heavy (non-hydrogen) atoms. The maximum absolute atomic E-state index is 12.7. The van der Waals surface area contributed by atoms with E-state index in [0.29, 0.717) is 18.3 Å². The minimum Gasteiger partial charge on any atom is -0.493 e. The van der Waals surface area contributed by atoms with E-state index in [0.717, 1.165) is 12.1 Å². The monoisotopic (exact) mass is 184 g/mol. The van der Waals surface area contributed by atoms with Crippen LogP contribution in [0.25, 0.3) is 0 Å². The summed E-state index contributed by atoms with van der Waals surface area (Å²) in [6.45, 7) is 0.616. The molecule has 0 bridgehead atoms. The molecule has 1 aromatic rings. The molecule has 1 aliphatic rings. The first-order chi connectivity index (χ1) is 6.25. The van der Waals surface area contributed by atoms with Gasteiger partial charge in [-0.1, -0.05) is 0 Å². The molecule has 0 heterocycles. The van der Waals surface area contributed by atoms with E-state index in [4.69, 9.17) is 4.74 Å². The molecule has 0 N–H and O–H groups in total. The molecule has 0 amide bonds. The third-order valence-corrected chi connectivity index (χ3v) is 2.07. The fraction of sp³-hybridized carbons (Fsp3) is 0.400. The lowest BCUT2D eigenvalue weighted by Gasteiger charge is -2.04. The van der Waals surface area contributed by atoms with Crippen LogP contribution in [0.3, 0.4) is 0 Å².